The Morgan fingerprint density at radius 3 is 2.33 bits per heavy atom. The molecular weight excluding hydrogens is 899 g/mol. The summed E-state index contributed by atoms with van der Waals surface area (Å²) < 4.78 is 62.2. The van der Waals surface area contributed by atoms with E-state index in [0.29, 0.717) is 5.57 Å². The Morgan fingerprint density at radius 1 is 1.03 bits per heavy atom. The fourth-order valence-corrected chi connectivity index (χ4v) is 8.59. The molecule has 2 unspecified atom stereocenters. The van der Waals surface area contributed by atoms with Crippen LogP contribution >= 0.6 is 35.2 Å². The highest BCUT2D eigenvalue weighted by atomic mass is 32.2. The number of hydrogen-bond acceptors (Lipinski definition) is 19. The fraction of sp³-hybridized carbons (Fsp3) is 0.581. The third-order valence-corrected chi connectivity index (χ3v) is 12.6. The average Bonchev–Trinajstić information content (AvgIpc) is 3.70. The van der Waals surface area contributed by atoms with Gasteiger partial charge in [0.1, 0.15) is 36.3 Å². The van der Waals surface area contributed by atoms with Crippen LogP contribution < -0.4 is 16.4 Å². The first-order valence-electron chi connectivity index (χ1n) is 17.7. The van der Waals surface area contributed by atoms with Crippen LogP contribution in [0.1, 0.15) is 47.3 Å². The van der Waals surface area contributed by atoms with Gasteiger partial charge in [-0.05, 0) is 13.0 Å². The molecule has 0 aromatic carbocycles. The number of aliphatic hydroxyl groups is 2. The van der Waals surface area contributed by atoms with E-state index >= 15 is 0 Å². The second-order valence-electron chi connectivity index (χ2n) is 14.5. The number of hydrogen-bond donors (Lipinski definition) is 10. The van der Waals surface area contributed by atoms with E-state index in [4.69, 9.17) is 24.6 Å². The molecule has 1 aliphatic heterocycles. The van der Waals surface area contributed by atoms with E-state index in [2.05, 4.69) is 34.4 Å². The summed E-state index contributed by atoms with van der Waals surface area (Å²) in [7, 11) is -16.5. The van der Waals surface area contributed by atoms with Gasteiger partial charge in [0, 0.05) is 42.2 Å². The third-order valence-electron chi connectivity index (χ3n) is 8.74. The largest absolute Gasteiger partial charge is 0.481 e. The molecule has 0 aliphatic carbocycles. The first-order chi connectivity index (χ1) is 28.0. The minimum absolute atomic E-state index is 0.0194. The van der Waals surface area contributed by atoms with Crippen molar-refractivity contribution >= 4 is 75.1 Å². The summed E-state index contributed by atoms with van der Waals surface area (Å²) >= 11 is 0.922. The summed E-state index contributed by atoms with van der Waals surface area (Å²) in [6.07, 6.45) is -3.27. The van der Waals surface area contributed by atoms with Crippen LogP contribution in [0.3, 0.4) is 0 Å². The number of imidazole rings is 1. The van der Waals surface area contributed by atoms with Gasteiger partial charge in [-0.3, -0.25) is 32.5 Å². The van der Waals surface area contributed by atoms with E-state index < -0.39 is 95.9 Å². The number of ether oxygens (including phenoxy) is 1. The number of nitrogens with one attached hydrogen (secondary N) is 2. The molecule has 11 N–H and O–H groups in total. The Morgan fingerprint density at radius 2 is 1.69 bits per heavy atom. The molecule has 1 saturated heterocycles. The SMILES string of the molecule is CC(=CC(=O)SCCNC(=O)CCNC(=O)[C@H](O)C(C)(C)COP(=O)(O)OP(=O)(O)OC[C@H]1O[C@@H](n2cnc3c(N)ncnc32)[C@H](O)[C@@H]1OP(=O)(O)O)C(C)(C)C=CC(=O)O. The molecule has 2 aromatic rings. The maximum atomic E-state index is 12.7. The van der Waals surface area contributed by atoms with E-state index in [9.17, 15) is 62.7 Å². The number of aliphatic hydroxyl groups excluding tert-OH is 2. The number of rotatable bonds is 23. The number of carboxylic acid groups (broad SMARTS) is 1. The minimum Gasteiger partial charge on any atom is -0.478 e. The number of carbonyl (C=O) groups is 4. The highest BCUT2D eigenvalue weighted by Crippen LogP contribution is 2.61. The number of phosphoric acid groups is 3. The summed E-state index contributed by atoms with van der Waals surface area (Å²) in [5.41, 5.74) is 4.15. The Labute approximate surface area is 351 Å². The number of aromatic nitrogens is 4. The predicted molar refractivity (Wildman–Crippen MR) is 211 cm³/mol. The zero-order valence-electron chi connectivity index (χ0n) is 33.2. The van der Waals surface area contributed by atoms with E-state index in [1.165, 1.54) is 26.0 Å². The van der Waals surface area contributed by atoms with Gasteiger partial charge in [0.15, 0.2) is 17.7 Å². The molecule has 0 spiro atoms. The van der Waals surface area contributed by atoms with Crippen LogP contribution in [0.5, 0.6) is 0 Å². The number of nitrogens with two attached hydrogens (primary N) is 1. The minimum atomic E-state index is -5.60. The monoisotopic (exact) mass is 947 g/mol. The first-order valence-corrected chi connectivity index (χ1v) is 23.2. The average molecular weight is 948 g/mol. The number of nitrogen functional groups attached to an aromatic ring is 1. The standard InChI is InChI=1S/C31H48N7O19P3S/c1-17(30(2,3)8-6-20(40)41)12-21(42)61-11-10-33-19(39)7-9-34-28(45)25(44)31(4,5)14-54-60(51,52)57-59(49,50)53-13-18-24(56-58(46,47)48)23(43)29(55-18)38-16-37-22-26(32)35-15-36-27(22)38/h6,8,12,15-16,18,23-25,29,43-44H,7,9-11,13-14H2,1-5H3,(H,33,39)(H,34,45)(H,40,41)(H,49,50)(H,51,52)(H2,32,35,36)(H2,46,47,48)/t18-,23-,24-,25+,29-/m1/s1. The number of carboxylic acids is 1. The van der Waals surface area contributed by atoms with Crippen molar-refractivity contribution in [2.75, 3.05) is 37.8 Å². The van der Waals surface area contributed by atoms with E-state index in [1.807, 2.05) is 0 Å². The van der Waals surface area contributed by atoms with Gasteiger partial charge in [-0.25, -0.2) is 33.4 Å². The van der Waals surface area contributed by atoms with E-state index in [1.54, 1.807) is 20.8 Å². The molecule has 61 heavy (non-hydrogen) atoms. The van der Waals surface area contributed by atoms with Crippen LogP contribution in [0.15, 0.2) is 36.5 Å². The number of nitrogens with zero attached hydrogens (tertiary/aromatic N) is 4. The van der Waals surface area contributed by atoms with Crippen molar-refractivity contribution in [2.24, 2.45) is 10.8 Å². The number of fused-ring (bicyclic) bond motifs is 1. The molecule has 3 heterocycles. The van der Waals surface area contributed by atoms with E-state index in [-0.39, 0.29) is 47.4 Å². The van der Waals surface area contributed by atoms with Crippen LogP contribution in [-0.2, 0) is 55.5 Å². The molecule has 30 heteroatoms. The maximum absolute atomic E-state index is 12.7. The van der Waals surface area contributed by atoms with Crippen LogP contribution in [0.2, 0.25) is 0 Å². The molecule has 0 radical (unpaired) electrons. The van der Waals surface area contributed by atoms with Gasteiger partial charge in [0.2, 0.25) is 16.9 Å². The van der Waals surface area contributed by atoms with Gasteiger partial charge >= 0.3 is 29.4 Å². The smallest absolute Gasteiger partial charge is 0.478 e. The van der Waals surface area contributed by atoms with Crippen molar-refractivity contribution in [1.29, 1.82) is 0 Å². The number of carbonyl (C=O) groups excluding carboxylic acids is 3. The zero-order valence-corrected chi connectivity index (χ0v) is 36.7. The van der Waals surface area contributed by atoms with E-state index in [0.717, 1.165) is 35.1 Å². The molecule has 26 nitrogen and oxygen atoms in total. The van der Waals surface area contributed by atoms with Gasteiger partial charge in [-0.1, -0.05) is 51.1 Å². The van der Waals surface area contributed by atoms with Crippen LogP contribution in [0, 0.1) is 10.8 Å². The number of phosphoric ester groups is 3. The zero-order chi connectivity index (χ0) is 46.1. The van der Waals surface area contributed by atoms with Crippen molar-refractivity contribution < 1.29 is 90.4 Å². The maximum Gasteiger partial charge on any atom is 0.481 e. The second-order valence-corrected chi connectivity index (χ2v) is 19.8. The topological polar surface area (TPSA) is 401 Å². The Hall–Kier alpha value is -3.49. The van der Waals surface area contributed by atoms with Crippen molar-refractivity contribution in [3.8, 4) is 0 Å². The molecule has 0 bridgehead atoms. The lowest BCUT2D eigenvalue weighted by atomic mass is 9.84. The molecular formula is C31H48N7O19P3S. The number of allylic oxidation sites excluding steroid dienone is 2. The Bertz CT molecular complexity index is 2130. The van der Waals surface area contributed by atoms with Crippen LogP contribution in [0.4, 0.5) is 5.82 Å². The van der Waals surface area contributed by atoms with Gasteiger partial charge in [0.05, 0.1) is 19.5 Å². The lowest BCUT2D eigenvalue weighted by Crippen LogP contribution is -2.46. The number of thioether (sulfide) groups is 1. The summed E-state index contributed by atoms with van der Waals surface area (Å²) in [6, 6.07) is 0. The number of amides is 2. The number of aliphatic carboxylic acids is 1. The fourth-order valence-electron chi connectivity index (χ4n) is 5.10. The lowest BCUT2D eigenvalue weighted by Gasteiger charge is -2.30. The van der Waals surface area contributed by atoms with Gasteiger partial charge in [-0.2, -0.15) is 4.31 Å². The van der Waals surface area contributed by atoms with Crippen LogP contribution in [0.25, 0.3) is 11.2 Å². The van der Waals surface area contributed by atoms with Gasteiger partial charge in [-0.15, -0.1) is 0 Å². The van der Waals surface area contributed by atoms with Crippen molar-refractivity contribution in [3.05, 3.63) is 36.5 Å². The predicted octanol–water partition coefficient (Wildman–Crippen LogP) is 0.278. The lowest BCUT2D eigenvalue weighted by molar-refractivity contribution is -0.137. The number of anilines is 1. The van der Waals surface area contributed by atoms with Gasteiger partial charge in [0.25, 0.3) is 0 Å². The molecule has 1 aliphatic rings. The summed E-state index contributed by atoms with van der Waals surface area (Å²) in [6.45, 7) is 5.42. The van der Waals surface area contributed by atoms with Crippen molar-refractivity contribution in [3.63, 3.8) is 0 Å². The molecule has 0 saturated carbocycles. The molecule has 2 aromatic heterocycles. The molecule has 3 rings (SSSR count). The molecule has 7 atom stereocenters. The third kappa shape index (κ3) is 16.0. The summed E-state index contributed by atoms with van der Waals surface area (Å²) in [4.78, 5) is 98.9. The Balaban J connectivity index is 1.46. The summed E-state index contributed by atoms with van der Waals surface area (Å²) in [5.74, 6) is -2.47. The molecule has 342 valence electrons. The molecule has 2 amide bonds. The van der Waals surface area contributed by atoms with Crippen LogP contribution in [-0.4, -0.2) is 134 Å². The highest BCUT2D eigenvalue weighted by Gasteiger charge is 2.50. The first kappa shape index (κ1) is 51.9. The summed E-state index contributed by atoms with van der Waals surface area (Å²) in [5, 5.41) is 34.9. The quantitative estimate of drug-likeness (QED) is 0.0406. The van der Waals surface area contributed by atoms with Gasteiger partial charge < -0.3 is 56.0 Å². The Kier molecular flexibility index (Phi) is 18.1. The second kappa shape index (κ2) is 21.3. The normalized spacial score (nSPS) is 21.5. The van der Waals surface area contributed by atoms with Crippen molar-refractivity contribution in [1.82, 2.24) is 30.2 Å². The highest BCUT2D eigenvalue weighted by molar-refractivity contribution is 8.14. The molecule has 1 fully saturated rings. The van der Waals surface area contributed by atoms with Crippen molar-refractivity contribution in [2.45, 2.75) is 71.7 Å².